The van der Waals surface area contributed by atoms with Crippen LogP contribution in [0.2, 0.25) is 0 Å². The second-order valence-corrected chi connectivity index (χ2v) is 9.38. The summed E-state index contributed by atoms with van der Waals surface area (Å²) in [5.41, 5.74) is 1.94. The van der Waals surface area contributed by atoms with Gasteiger partial charge in [0.1, 0.15) is 24.6 Å². The second-order valence-electron chi connectivity index (χ2n) is 6.72. The van der Waals surface area contributed by atoms with E-state index < -0.39 is 31.3 Å². The van der Waals surface area contributed by atoms with Gasteiger partial charge in [0.15, 0.2) is 23.2 Å². The summed E-state index contributed by atoms with van der Waals surface area (Å²) in [7, 11) is 0. The van der Waals surface area contributed by atoms with Crippen molar-refractivity contribution in [2.45, 2.75) is 31.1 Å². The van der Waals surface area contributed by atoms with Crippen LogP contribution >= 0.6 is 6.72 Å². The minimum atomic E-state index is -3.91. The fraction of sp³-hybridized carbons (Fsp3) is 0.353. The lowest BCUT2D eigenvalue weighted by Gasteiger charge is -2.17. The van der Waals surface area contributed by atoms with Gasteiger partial charge in [-0.05, 0) is 17.4 Å². The van der Waals surface area contributed by atoms with Crippen molar-refractivity contribution >= 4 is 35.5 Å². The van der Waals surface area contributed by atoms with E-state index in [2.05, 4.69) is 32.1 Å². The molecule has 1 unspecified atom stereocenters. The number of ether oxygens (including phenoxy) is 1. The van der Waals surface area contributed by atoms with E-state index in [0.29, 0.717) is 23.5 Å². The first-order valence-corrected chi connectivity index (χ1v) is 11.6. The zero-order valence-corrected chi connectivity index (χ0v) is 17.2. The average Bonchev–Trinajstić information content (AvgIpc) is 3.27. The molecule has 0 radical (unpaired) electrons. The highest BCUT2D eigenvalue weighted by Crippen LogP contribution is 2.39. The van der Waals surface area contributed by atoms with Gasteiger partial charge in [0.05, 0.1) is 12.9 Å². The highest BCUT2D eigenvalue weighted by Gasteiger charge is 2.45. The molecule has 2 aromatic heterocycles. The standard InChI is InChI=1S/C17H20N5O6PS/c23-13-11(7-27-29(25,26)30)28-17(14(13)24)22-9-21-12-15(19-8-20-16(12)22)18-6-10-4-2-1-3-5-10/h1-5,8-9,11,13-14,17,23-24H,6-7H2,(H,18,19,20)(H2,25,26,30)/t11-,13?,14+,17-/m1/s1. The Labute approximate surface area is 176 Å². The number of imidazole rings is 1. The molecule has 1 aliphatic heterocycles. The minimum Gasteiger partial charge on any atom is -0.387 e. The van der Waals surface area contributed by atoms with Gasteiger partial charge in [-0.1, -0.05) is 30.3 Å². The molecule has 3 heterocycles. The molecule has 4 rings (SSSR count). The van der Waals surface area contributed by atoms with Crippen LogP contribution < -0.4 is 5.32 Å². The molecule has 3 aromatic rings. The molecule has 5 N–H and O–H groups in total. The van der Waals surface area contributed by atoms with Gasteiger partial charge < -0.3 is 34.6 Å². The minimum absolute atomic E-state index is 0.384. The predicted molar refractivity (Wildman–Crippen MR) is 110 cm³/mol. The first-order valence-electron chi connectivity index (χ1n) is 9.00. The van der Waals surface area contributed by atoms with Gasteiger partial charge in [-0.25, -0.2) is 15.0 Å². The fourth-order valence-corrected chi connectivity index (χ4v) is 3.74. The number of hydrogen-bond donors (Lipinski definition) is 5. The van der Waals surface area contributed by atoms with Crippen LogP contribution in [0.1, 0.15) is 11.8 Å². The summed E-state index contributed by atoms with van der Waals surface area (Å²) in [4.78, 5) is 31.2. The molecule has 11 nitrogen and oxygen atoms in total. The molecular weight excluding hydrogens is 433 g/mol. The Hall–Kier alpha value is -2.02. The number of nitrogens with one attached hydrogen (secondary N) is 1. The van der Waals surface area contributed by atoms with Crippen LogP contribution in [0.5, 0.6) is 0 Å². The van der Waals surface area contributed by atoms with E-state index in [9.17, 15) is 20.0 Å². The van der Waals surface area contributed by atoms with Gasteiger partial charge in [-0.3, -0.25) is 4.57 Å². The van der Waals surface area contributed by atoms with Crippen molar-refractivity contribution in [1.82, 2.24) is 19.5 Å². The molecule has 0 amide bonds. The predicted octanol–water partition coefficient (Wildman–Crippen LogP) is 0.283. The third-order valence-corrected chi connectivity index (χ3v) is 5.48. The second kappa shape index (κ2) is 8.61. The molecule has 13 heteroatoms. The highest BCUT2D eigenvalue weighted by molar-refractivity contribution is 8.06. The van der Waals surface area contributed by atoms with Crippen molar-refractivity contribution in [2.24, 2.45) is 0 Å². The maximum absolute atomic E-state index is 10.4. The lowest BCUT2D eigenvalue weighted by Crippen LogP contribution is -2.33. The number of aromatic nitrogens is 4. The van der Waals surface area contributed by atoms with Gasteiger partial charge in [-0.15, -0.1) is 0 Å². The molecule has 1 aliphatic rings. The Balaban J connectivity index is 1.54. The van der Waals surface area contributed by atoms with Crippen LogP contribution in [0.15, 0.2) is 43.0 Å². The molecular formula is C17H20N5O6PS. The smallest absolute Gasteiger partial charge is 0.321 e. The largest absolute Gasteiger partial charge is 0.387 e. The van der Waals surface area contributed by atoms with E-state index in [-0.39, 0.29) is 6.61 Å². The molecule has 1 aromatic carbocycles. The number of aliphatic hydroxyl groups excluding tert-OH is 2. The summed E-state index contributed by atoms with van der Waals surface area (Å²) in [6, 6.07) is 9.78. The molecule has 0 aliphatic carbocycles. The summed E-state index contributed by atoms with van der Waals surface area (Å²) in [6.45, 7) is -3.76. The SMILES string of the molecule is OC1[C@@H](COP(O)(O)=S)O[C@@H](n2cnc3c(NCc4ccccc4)ncnc32)[C@H]1O. The topological polar surface area (TPSA) is 155 Å². The van der Waals surface area contributed by atoms with Crippen LogP contribution in [0.4, 0.5) is 5.82 Å². The summed E-state index contributed by atoms with van der Waals surface area (Å²) >= 11 is 4.40. The monoisotopic (exact) mass is 453 g/mol. The van der Waals surface area contributed by atoms with Crippen molar-refractivity contribution in [3.05, 3.63) is 48.5 Å². The normalized spacial score (nSPS) is 24.4. The average molecular weight is 453 g/mol. The Bertz CT molecular complexity index is 1060. The Morgan fingerprint density at radius 3 is 2.63 bits per heavy atom. The van der Waals surface area contributed by atoms with E-state index in [0.717, 1.165) is 5.56 Å². The van der Waals surface area contributed by atoms with Crippen molar-refractivity contribution in [2.75, 3.05) is 11.9 Å². The molecule has 4 atom stereocenters. The number of fused-ring (bicyclic) bond motifs is 1. The highest BCUT2D eigenvalue weighted by atomic mass is 32.5. The summed E-state index contributed by atoms with van der Waals surface area (Å²) in [6.07, 6.45) is -1.88. The number of anilines is 1. The van der Waals surface area contributed by atoms with Crippen LogP contribution in [-0.4, -0.2) is 64.4 Å². The van der Waals surface area contributed by atoms with Crippen molar-refractivity contribution in [1.29, 1.82) is 0 Å². The Morgan fingerprint density at radius 2 is 1.90 bits per heavy atom. The van der Waals surface area contributed by atoms with Gasteiger partial charge >= 0.3 is 6.72 Å². The summed E-state index contributed by atoms with van der Waals surface area (Å²) in [5.74, 6) is 0.511. The van der Waals surface area contributed by atoms with Gasteiger partial charge in [0.2, 0.25) is 0 Å². The fourth-order valence-electron chi connectivity index (χ4n) is 3.22. The maximum atomic E-state index is 10.4. The maximum Gasteiger partial charge on any atom is 0.321 e. The number of aliphatic hydroxyl groups is 2. The molecule has 1 saturated heterocycles. The van der Waals surface area contributed by atoms with Gasteiger partial charge in [0, 0.05) is 6.54 Å². The van der Waals surface area contributed by atoms with Crippen molar-refractivity contribution in [3.8, 4) is 0 Å². The first kappa shape index (κ1) is 21.2. The number of hydrogen-bond acceptors (Lipinski definition) is 9. The van der Waals surface area contributed by atoms with E-state index in [1.165, 1.54) is 17.2 Å². The first-order chi connectivity index (χ1) is 14.3. The molecule has 0 spiro atoms. The number of rotatable bonds is 7. The van der Waals surface area contributed by atoms with E-state index >= 15 is 0 Å². The van der Waals surface area contributed by atoms with Gasteiger partial charge in [0.25, 0.3) is 0 Å². The molecule has 1 fully saturated rings. The lowest BCUT2D eigenvalue weighted by molar-refractivity contribution is -0.0487. The van der Waals surface area contributed by atoms with Gasteiger partial charge in [-0.2, -0.15) is 0 Å². The van der Waals surface area contributed by atoms with Crippen molar-refractivity contribution in [3.63, 3.8) is 0 Å². The number of benzene rings is 1. The van der Waals surface area contributed by atoms with E-state index in [1.807, 2.05) is 30.3 Å². The Morgan fingerprint density at radius 1 is 1.13 bits per heavy atom. The van der Waals surface area contributed by atoms with E-state index in [4.69, 9.17) is 9.26 Å². The molecule has 0 saturated carbocycles. The van der Waals surface area contributed by atoms with Crippen LogP contribution in [0, 0.1) is 0 Å². The quantitative estimate of drug-likeness (QED) is 0.313. The molecule has 30 heavy (non-hydrogen) atoms. The summed E-state index contributed by atoms with van der Waals surface area (Å²) in [5, 5.41) is 23.9. The third kappa shape index (κ3) is 4.51. The van der Waals surface area contributed by atoms with Crippen LogP contribution in [-0.2, 0) is 27.6 Å². The molecule has 160 valence electrons. The lowest BCUT2D eigenvalue weighted by atomic mass is 10.1. The van der Waals surface area contributed by atoms with E-state index in [1.54, 1.807) is 0 Å². The van der Waals surface area contributed by atoms with Crippen LogP contribution in [0.25, 0.3) is 11.2 Å². The third-order valence-electron chi connectivity index (χ3n) is 4.68. The number of nitrogens with zero attached hydrogens (tertiary/aromatic N) is 4. The molecule has 0 bridgehead atoms. The van der Waals surface area contributed by atoms with Crippen LogP contribution in [0.3, 0.4) is 0 Å². The van der Waals surface area contributed by atoms with Crippen molar-refractivity contribution < 1.29 is 29.3 Å². The Kier molecular flexibility index (Phi) is 6.09. The summed E-state index contributed by atoms with van der Waals surface area (Å²) < 4.78 is 11.9. The zero-order valence-electron chi connectivity index (χ0n) is 15.5. The zero-order chi connectivity index (χ0) is 21.3.